The maximum absolute atomic E-state index is 6.18. The predicted molar refractivity (Wildman–Crippen MR) is 54.9 cm³/mol. The highest BCUT2D eigenvalue weighted by Gasteiger charge is 2.18. The van der Waals surface area contributed by atoms with Crippen LogP contribution in [-0.2, 0) is 10.8 Å². The van der Waals surface area contributed by atoms with Crippen LogP contribution in [0.4, 0.5) is 0 Å². The summed E-state index contributed by atoms with van der Waals surface area (Å²) in [5.41, 5.74) is 2.22. The van der Waals surface area contributed by atoms with Crippen LogP contribution in [0, 0.1) is 0 Å². The highest BCUT2D eigenvalue weighted by molar-refractivity contribution is 6.24. The van der Waals surface area contributed by atoms with E-state index < -0.39 is 0 Å². The molecule has 0 fully saturated rings. The molecule has 0 amide bonds. The highest BCUT2D eigenvalue weighted by Crippen LogP contribution is 2.30. The molecule has 0 unspecified atom stereocenters. The Bertz CT molecular complexity index is 261. The van der Waals surface area contributed by atoms with Gasteiger partial charge in [0.25, 0.3) is 0 Å². The minimum absolute atomic E-state index is 0.328. The molecule has 0 aliphatic rings. The molecule has 1 rings (SSSR count). The summed E-state index contributed by atoms with van der Waals surface area (Å²) in [6.07, 6.45) is 0. The Balaban J connectivity index is 3.14. The molecule has 0 aliphatic heterocycles. The van der Waals surface area contributed by atoms with Gasteiger partial charge in [-0.3, -0.25) is 0 Å². The fraction of sp³-hybridized carbons (Fsp3) is 0.400. The van der Waals surface area contributed by atoms with Crippen LogP contribution in [0.25, 0.3) is 0 Å². The minimum Gasteiger partial charge on any atom is -0.122 e. The zero-order chi connectivity index (χ0) is 9.19. The average Bonchev–Trinajstić information content (AvgIpc) is 2.03. The summed E-state index contributed by atoms with van der Waals surface area (Å²) in [6.45, 7) is 3.94. The van der Waals surface area contributed by atoms with Gasteiger partial charge in [0, 0.05) is 5.88 Å². The summed E-state index contributed by atoms with van der Waals surface area (Å²) < 4.78 is 0. The molecule has 0 nitrogen and oxygen atoms in total. The van der Waals surface area contributed by atoms with Crippen molar-refractivity contribution in [2.75, 3.05) is 0 Å². The van der Waals surface area contributed by atoms with Crippen molar-refractivity contribution in [1.29, 1.82) is 0 Å². The number of rotatable bonds is 2. The number of hydrogen-bond acceptors (Lipinski definition) is 0. The van der Waals surface area contributed by atoms with Gasteiger partial charge in [-0.05, 0) is 25.0 Å². The lowest BCUT2D eigenvalue weighted by molar-refractivity contribution is 0.757. The van der Waals surface area contributed by atoms with Crippen LogP contribution in [-0.4, -0.2) is 0 Å². The molecule has 2 heteroatoms. The summed E-state index contributed by atoms with van der Waals surface area (Å²) in [7, 11) is 0. The van der Waals surface area contributed by atoms with Crippen molar-refractivity contribution in [3.05, 3.63) is 35.4 Å². The monoisotopic (exact) mass is 202 g/mol. The molecule has 0 saturated carbocycles. The second-order valence-electron chi connectivity index (χ2n) is 3.26. The Hall–Kier alpha value is -0.200. The lowest BCUT2D eigenvalue weighted by atomic mass is 9.97. The van der Waals surface area contributed by atoms with Gasteiger partial charge in [0.1, 0.15) is 0 Å². The minimum atomic E-state index is -0.328. The Morgan fingerprint density at radius 1 is 1.25 bits per heavy atom. The van der Waals surface area contributed by atoms with Crippen molar-refractivity contribution in [2.24, 2.45) is 0 Å². The van der Waals surface area contributed by atoms with E-state index in [1.54, 1.807) is 0 Å². The Kier molecular flexibility index (Phi) is 3.03. The van der Waals surface area contributed by atoms with Crippen molar-refractivity contribution in [3.63, 3.8) is 0 Å². The smallest absolute Gasteiger partial charge is 0.0641 e. The van der Waals surface area contributed by atoms with Crippen molar-refractivity contribution in [3.8, 4) is 0 Å². The predicted octanol–water partition coefficient (Wildman–Crippen LogP) is 3.90. The largest absolute Gasteiger partial charge is 0.122 e. The Morgan fingerprint density at radius 2 is 1.83 bits per heavy atom. The van der Waals surface area contributed by atoms with Crippen molar-refractivity contribution in [2.45, 2.75) is 24.6 Å². The molecule has 1 aromatic rings. The Labute approximate surface area is 83.5 Å². The molecule has 12 heavy (non-hydrogen) atoms. The molecule has 0 heterocycles. The van der Waals surface area contributed by atoms with Crippen LogP contribution in [0.3, 0.4) is 0 Å². The van der Waals surface area contributed by atoms with E-state index in [-0.39, 0.29) is 4.87 Å². The third-order valence-corrected chi connectivity index (χ3v) is 2.29. The molecule has 0 aromatic heterocycles. The van der Waals surface area contributed by atoms with E-state index in [0.29, 0.717) is 5.88 Å². The normalized spacial score (nSPS) is 11.7. The lowest BCUT2D eigenvalue weighted by Gasteiger charge is -2.19. The van der Waals surface area contributed by atoms with Gasteiger partial charge >= 0.3 is 0 Å². The SMILES string of the molecule is CC(C)(Cl)c1ccccc1CCl. The van der Waals surface area contributed by atoms with E-state index in [1.165, 1.54) is 0 Å². The van der Waals surface area contributed by atoms with Crippen LogP contribution in [0.1, 0.15) is 25.0 Å². The molecule has 0 aliphatic carbocycles. The zero-order valence-electron chi connectivity index (χ0n) is 7.27. The lowest BCUT2D eigenvalue weighted by Crippen LogP contribution is -2.09. The first-order valence-electron chi connectivity index (χ1n) is 3.89. The summed E-state index contributed by atoms with van der Waals surface area (Å²) in [6, 6.07) is 7.98. The van der Waals surface area contributed by atoms with Crippen molar-refractivity contribution < 1.29 is 0 Å². The topological polar surface area (TPSA) is 0 Å². The first-order valence-corrected chi connectivity index (χ1v) is 4.80. The van der Waals surface area contributed by atoms with E-state index in [4.69, 9.17) is 23.2 Å². The van der Waals surface area contributed by atoms with Gasteiger partial charge in [0.05, 0.1) is 4.87 Å². The summed E-state index contributed by atoms with van der Waals surface area (Å²) in [5, 5.41) is 0. The van der Waals surface area contributed by atoms with E-state index in [2.05, 4.69) is 0 Å². The molecule has 0 bridgehead atoms. The van der Waals surface area contributed by atoms with E-state index >= 15 is 0 Å². The zero-order valence-corrected chi connectivity index (χ0v) is 8.78. The number of alkyl halides is 2. The van der Waals surface area contributed by atoms with Crippen molar-refractivity contribution >= 4 is 23.2 Å². The summed E-state index contributed by atoms with van der Waals surface area (Å²) >= 11 is 12.0. The summed E-state index contributed by atoms with van der Waals surface area (Å²) in [4.78, 5) is -0.328. The van der Waals surface area contributed by atoms with Gasteiger partial charge in [-0.2, -0.15) is 0 Å². The quantitative estimate of drug-likeness (QED) is 0.639. The molecular weight excluding hydrogens is 191 g/mol. The van der Waals surface area contributed by atoms with Gasteiger partial charge in [0.15, 0.2) is 0 Å². The van der Waals surface area contributed by atoms with Crippen LogP contribution < -0.4 is 0 Å². The highest BCUT2D eigenvalue weighted by atomic mass is 35.5. The van der Waals surface area contributed by atoms with Gasteiger partial charge in [-0.15, -0.1) is 23.2 Å². The second-order valence-corrected chi connectivity index (χ2v) is 4.48. The number of benzene rings is 1. The number of hydrogen-bond donors (Lipinski definition) is 0. The van der Waals surface area contributed by atoms with Crippen molar-refractivity contribution in [1.82, 2.24) is 0 Å². The molecule has 0 spiro atoms. The fourth-order valence-electron chi connectivity index (χ4n) is 1.22. The van der Waals surface area contributed by atoms with Crippen LogP contribution in [0.15, 0.2) is 24.3 Å². The maximum atomic E-state index is 6.18. The molecule has 0 atom stereocenters. The third kappa shape index (κ3) is 2.15. The Morgan fingerprint density at radius 3 is 2.25 bits per heavy atom. The molecular formula is C10H12Cl2. The first-order chi connectivity index (χ1) is 5.55. The summed E-state index contributed by atoms with van der Waals surface area (Å²) in [5.74, 6) is 0.520. The van der Waals surface area contributed by atoms with Gasteiger partial charge in [-0.1, -0.05) is 24.3 Å². The third-order valence-electron chi connectivity index (χ3n) is 1.80. The molecule has 0 saturated heterocycles. The van der Waals surface area contributed by atoms with Crippen LogP contribution in [0.5, 0.6) is 0 Å². The fourth-order valence-corrected chi connectivity index (χ4v) is 1.63. The van der Waals surface area contributed by atoms with Gasteiger partial charge in [-0.25, -0.2) is 0 Å². The number of halogens is 2. The van der Waals surface area contributed by atoms with Crippen LogP contribution in [0.2, 0.25) is 0 Å². The molecule has 1 aromatic carbocycles. The van der Waals surface area contributed by atoms with E-state index in [1.807, 2.05) is 38.1 Å². The molecule has 0 radical (unpaired) electrons. The van der Waals surface area contributed by atoms with Gasteiger partial charge in [0.2, 0.25) is 0 Å². The van der Waals surface area contributed by atoms with E-state index in [9.17, 15) is 0 Å². The van der Waals surface area contributed by atoms with Crippen LogP contribution >= 0.6 is 23.2 Å². The second kappa shape index (κ2) is 3.68. The average molecular weight is 203 g/mol. The molecule has 0 N–H and O–H groups in total. The van der Waals surface area contributed by atoms with E-state index in [0.717, 1.165) is 11.1 Å². The van der Waals surface area contributed by atoms with Gasteiger partial charge < -0.3 is 0 Å². The maximum Gasteiger partial charge on any atom is 0.0641 e. The first kappa shape index (κ1) is 9.88. The molecule has 66 valence electrons. The standard InChI is InChI=1S/C10H12Cl2/c1-10(2,12)9-6-4-3-5-8(9)7-11/h3-6H,7H2,1-2H3.